The maximum atomic E-state index is 4.63. The van der Waals surface area contributed by atoms with Crippen LogP contribution in [-0.4, -0.2) is 14.8 Å². The van der Waals surface area contributed by atoms with Gasteiger partial charge in [-0.2, -0.15) is 5.10 Å². The topological polar surface area (TPSA) is 42.7 Å². The van der Waals surface area contributed by atoms with Crippen LogP contribution in [0.5, 0.6) is 0 Å². The Balaban J connectivity index is 1.78. The van der Waals surface area contributed by atoms with E-state index in [1.165, 1.54) is 24.1 Å². The molecule has 108 valence electrons. The van der Waals surface area contributed by atoms with Crippen LogP contribution < -0.4 is 5.32 Å². The molecular formula is C15H22N4S. The molecule has 0 unspecified atom stereocenters. The second-order valence-corrected chi connectivity index (χ2v) is 7.15. The van der Waals surface area contributed by atoms with Gasteiger partial charge in [-0.1, -0.05) is 0 Å². The molecule has 2 aromatic heterocycles. The van der Waals surface area contributed by atoms with Crippen LogP contribution in [0.3, 0.4) is 0 Å². The van der Waals surface area contributed by atoms with E-state index < -0.39 is 0 Å². The molecule has 0 aromatic carbocycles. The predicted molar refractivity (Wildman–Crippen MR) is 81.9 cm³/mol. The van der Waals surface area contributed by atoms with Crippen molar-refractivity contribution in [3.05, 3.63) is 34.0 Å². The Kier molecular flexibility index (Phi) is 3.65. The first kappa shape index (κ1) is 13.8. The number of nitrogens with one attached hydrogen (secondary N) is 1. The third-order valence-corrected chi connectivity index (χ3v) is 4.47. The van der Waals surface area contributed by atoms with Crippen LogP contribution in [0.1, 0.15) is 56.6 Å². The number of hydrogen-bond acceptors (Lipinski definition) is 4. The summed E-state index contributed by atoms with van der Waals surface area (Å²) in [6.45, 7) is 7.49. The number of aromatic nitrogens is 3. The molecule has 2 heterocycles. The standard InChI is InChI=1S/C15H22N4S/c1-15(2,3)19-14-6-4-5-13(12(14)8-18-19)16-7-11-9-20-10-17-11/h8-10,13,16H,4-7H2,1-3H3/t13-/m1/s1. The molecule has 3 rings (SSSR count). The quantitative estimate of drug-likeness (QED) is 0.943. The van der Waals surface area contributed by atoms with Gasteiger partial charge in [-0.3, -0.25) is 4.68 Å². The molecule has 0 saturated heterocycles. The van der Waals surface area contributed by atoms with E-state index in [0.29, 0.717) is 6.04 Å². The zero-order chi connectivity index (χ0) is 14.2. The highest BCUT2D eigenvalue weighted by Gasteiger charge is 2.27. The first-order valence-corrected chi connectivity index (χ1v) is 8.18. The second-order valence-electron chi connectivity index (χ2n) is 6.43. The smallest absolute Gasteiger partial charge is 0.0795 e. The van der Waals surface area contributed by atoms with E-state index in [2.05, 4.69) is 52.4 Å². The van der Waals surface area contributed by atoms with Crippen molar-refractivity contribution < 1.29 is 0 Å². The van der Waals surface area contributed by atoms with Gasteiger partial charge in [0.05, 0.1) is 22.9 Å². The lowest BCUT2D eigenvalue weighted by atomic mass is 9.92. The van der Waals surface area contributed by atoms with Gasteiger partial charge in [-0.25, -0.2) is 4.98 Å². The van der Waals surface area contributed by atoms with Gasteiger partial charge in [-0.05, 0) is 40.0 Å². The first-order chi connectivity index (χ1) is 9.55. The van der Waals surface area contributed by atoms with Gasteiger partial charge in [0.15, 0.2) is 0 Å². The van der Waals surface area contributed by atoms with Crippen molar-refractivity contribution in [3.63, 3.8) is 0 Å². The maximum Gasteiger partial charge on any atom is 0.0795 e. The molecule has 0 aliphatic heterocycles. The normalized spacial score (nSPS) is 19.1. The van der Waals surface area contributed by atoms with Crippen LogP contribution in [-0.2, 0) is 18.5 Å². The van der Waals surface area contributed by atoms with E-state index in [9.17, 15) is 0 Å². The summed E-state index contributed by atoms with van der Waals surface area (Å²) in [4.78, 5) is 4.34. The minimum atomic E-state index is 0.0599. The molecule has 0 spiro atoms. The lowest BCUT2D eigenvalue weighted by Crippen LogP contribution is -2.29. The average Bonchev–Trinajstić information content (AvgIpc) is 3.04. The van der Waals surface area contributed by atoms with Gasteiger partial charge in [0, 0.05) is 29.2 Å². The molecule has 0 radical (unpaired) electrons. The fourth-order valence-corrected chi connectivity index (χ4v) is 3.46. The SMILES string of the molecule is CC(C)(C)n1ncc2c1CCC[C@H]2NCc1cscn1. The summed E-state index contributed by atoms with van der Waals surface area (Å²) < 4.78 is 2.19. The van der Waals surface area contributed by atoms with Crippen molar-refractivity contribution in [1.82, 2.24) is 20.1 Å². The molecule has 1 N–H and O–H groups in total. The zero-order valence-corrected chi connectivity index (χ0v) is 13.2. The van der Waals surface area contributed by atoms with E-state index in [4.69, 9.17) is 0 Å². The highest BCUT2D eigenvalue weighted by Crippen LogP contribution is 2.32. The molecule has 0 bridgehead atoms. The number of fused-ring (bicyclic) bond motifs is 1. The van der Waals surface area contributed by atoms with Crippen molar-refractivity contribution in [3.8, 4) is 0 Å². The average molecular weight is 290 g/mol. The lowest BCUT2D eigenvalue weighted by Gasteiger charge is -2.28. The molecule has 0 fully saturated rings. The Morgan fingerprint density at radius 3 is 3.00 bits per heavy atom. The fraction of sp³-hybridized carbons (Fsp3) is 0.600. The first-order valence-electron chi connectivity index (χ1n) is 7.23. The van der Waals surface area contributed by atoms with Gasteiger partial charge in [0.1, 0.15) is 0 Å². The molecule has 20 heavy (non-hydrogen) atoms. The van der Waals surface area contributed by atoms with E-state index in [1.807, 2.05) is 5.51 Å². The van der Waals surface area contributed by atoms with Crippen LogP contribution in [0.15, 0.2) is 17.1 Å². The molecular weight excluding hydrogens is 268 g/mol. The molecule has 0 saturated carbocycles. The third-order valence-electron chi connectivity index (χ3n) is 3.83. The van der Waals surface area contributed by atoms with E-state index >= 15 is 0 Å². The van der Waals surface area contributed by atoms with E-state index in [1.54, 1.807) is 11.3 Å². The summed E-state index contributed by atoms with van der Waals surface area (Å²) in [6.07, 6.45) is 5.61. The zero-order valence-electron chi connectivity index (χ0n) is 12.4. The minimum Gasteiger partial charge on any atom is -0.304 e. The van der Waals surface area contributed by atoms with Crippen molar-refractivity contribution >= 4 is 11.3 Å². The van der Waals surface area contributed by atoms with Crippen molar-refractivity contribution in [2.75, 3.05) is 0 Å². The van der Waals surface area contributed by atoms with Crippen LogP contribution in [0.4, 0.5) is 0 Å². The Bertz CT molecular complexity index is 565. The van der Waals surface area contributed by atoms with Crippen LogP contribution in [0.25, 0.3) is 0 Å². The molecule has 1 aliphatic carbocycles. The van der Waals surface area contributed by atoms with Crippen LogP contribution in [0.2, 0.25) is 0 Å². The molecule has 4 nitrogen and oxygen atoms in total. The van der Waals surface area contributed by atoms with Crippen LogP contribution in [0, 0.1) is 0 Å². The van der Waals surface area contributed by atoms with E-state index in [0.717, 1.165) is 18.7 Å². The van der Waals surface area contributed by atoms with Gasteiger partial charge in [-0.15, -0.1) is 11.3 Å². The van der Waals surface area contributed by atoms with Crippen LogP contribution >= 0.6 is 11.3 Å². The Morgan fingerprint density at radius 1 is 1.45 bits per heavy atom. The summed E-state index contributed by atoms with van der Waals surface area (Å²) in [5.41, 5.74) is 5.86. The lowest BCUT2D eigenvalue weighted by molar-refractivity contribution is 0.334. The third kappa shape index (κ3) is 2.65. The number of hydrogen-bond donors (Lipinski definition) is 1. The number of rotatable bonds is 3. The van der Waals surface area contributed by atoms with Crippen molar-refractivity contribution in [1.29, 1.82) is 0 Å². The summed E-state index contributed by atoms with van der Waals surface area (Å²) in [6, 6.07) is 0.413. The minimum absolute atomic E-state index is 0.0599. The van der Waals surface area contributed by atoms with Gasteiger partial charge in [0.2, 0.25) is 0 Å². The highest BCUT2D eigenvalue weighted by molar-refractivity contribution is 7.07. The molecule has 2 aromatic rings. The molecule has 5 heteroatoms. The summed E-state index contributed by atoms with van der Waals surface area (Å²) >= 11 is 1.65. The highest BCUT2D eigenvalue weighted by atomic mass is 32.1. The summed E-state index contributed by atoms with van der Waals surface area (Å²) in [5, 5.41) is 10.4. The van der Waals surface area contributed by atoms with Crippen molar-refractivity contribution in [2.45, 2.75) is 58.2 Å². The Hall–Kier alpha value is -1.20. The number of thiazole rings is 1. The molecule has 0 amide bonds. The molecule has 1 aliphatic rings. The Morgan fingerprint density at radius 2 is 2.30 bits per heavy atom. The van der Waals surface area contributed by atoms with Gasteiger partial charge < -0.3 is 5.32 Å². The van der Waals surface area contributed by atoms with Gasteiger partial charge >= 0.3 is 0 Å². The predicted octanol–water partition coefficient (Wildman–Crippen LogP) is 3.26. The molecule has 1 atom stereocenters. The second kappa shape index (κ2) is 5.30. The fourth-order valence-electron chi connectivity index (χ4n) is 2.90. The van der Waals surface area contributed by atoms with Gasteiger partial charge in [0.25, 0.3) is 0 Å². The summed E-state index contributed by atoms with van der Waals surface area (Å²) in [5.74, 6) is 0. The largest absolute Gasteiger partial charge is 0.304 e. The van der Waals surface area contributed by atoms with Crippen molar-refractivity contribution in [2.24, 2.45) is 0 Å². The number of nitrogens with zero attached hydrogens (tertiary/aromatic N) is 3. The maximum absolute atomic E-state index is 4.63. The summed E-state index contributed by atoms with van der Waals surface area (Å²) in [7, 11) is 0. The monoisotopic (exact) mass is 290 g/mol. The van der Waals surface area contributed by atoms with E-state index in [-0.39, 0.29) is 5.54 Å². The Labute approximate surface area is 124 Å².